The van der Waals surface area contributed by atoms with Gasteiger partial charge in [0, 0.05) is 6.54 Å². The van der Waals surface area contributed by atoms with Crippen molar-refractivity contribution >= 4 is 18.0 Å². The molecule has 0 spiro atoms. The Bertz CT molecular complexity index is 623. The van der Waals surface area contributed by atoms with Gasteiger partial charge in [-0.05, 0) is 12.0 Å². The maximum Gasteiger partial charge on any atom is 0.407 e. The Labute approximate surface area is 172 Å². The van der Waals surface area contributed by atoms with Crippen LogP contribution in [0.4, 0.5) is 4.79 Å². The Hall–Kier alpha value is -2.61. The highest BCUT2D eigenvalue weighted by Crippen LogP contribution is 2.07. The second kappa shape index (κ2) is 14.4. The van der Waals surface area contributed by atoms with Crippen molar-refractivity contribution in [2.24, 2.45) is 0 Å². The van der Waals surface area contributed by atoms with Crippen LogP contribution in [0.15, 0.2) is 30.3 Å². The number of nitrogens with one attached hydrogen (secondary N) is 2. The van der Waals surface area contributed by atoms with Crippen molar-refractivity contribution in [1.29, 1.82) is 0 Å². The number of benzene rings is 1. The monoisotopic (exact) mass is 408 g/mol. The van der Waals surface area contributed by atoms with Crippen LogP contribution in [0.5, 0.6) is 0 Å². The highest BCUT2D eigenvalue weighted by Gasteiger charge is 2.22. The van der Waals surface area contributed by atoms with Crippen LogP contribution in [0.3, 0.4) is 0 Å². The smallest absolute Gasteiger partial charge is 0.407 e. The van der Waals surface area contributed by atoms with Crippen molar-refractivity contribution in [1.82, 2.24) is 10.6 Å². The number of methoxy groups -OCH3 is 1. The number of ether oxygens (including phenoxy) is 2. The number of alkyl carbamates (subject to hydrolysis) is 1. The van der Waals surface area contributed by atoms with Crippen LogP contribution >= 0.6 is 0 Å². The highest BCUT2D eigenvalue weighted by atomic mass is 16.5. The van der Waals surface area contributed by atoms with Crippen molar-refractivity contribution < 1.29 is 29.0 Å². The van der Waals surface area contributed by atoms with E-state index in [0.717, 1.165) is 31.2 Å². The molecule has 0 unspecified atom stereocenters. The second-order valence-electron chi connectivity index (χ2n) is 6.79. The SMILES string of the molecule is CCCCCC[C@H](NC(=O)C[C@@H](O)CNC(=O)OCc1ccccc1)C(=O)OC. The van der Waals surface area contributed by atoms with E-state index in [0.29, 0.717) is 6.42 Å². The lowest BCUT2D eigenvalue weighted by molar-refractivity contribution is -0.145. The number of aliphatic hydroxyl groups excluding tert-OH is 1. The van der Waals surface area contributed by atoms with E-state index in [1.54, 1.807) is 0 Å². The summed E-state index contributed by atoms with van der Waals surface area (Å²) in [4.78, 5) is 35.6. The molecule has 0 bridgehead atoms. The number of aliphatic hydroxyl groups is 1. The molecule has 0 radical (unpaired) electrons. The average Bonchev–Trinajstić information content (AvgIpc) is 2.73. The minimum Gasteiger partial charge on any atom is -0.467 e. The molecule has 8 nitrogen and oxygen atoms in total. The molecule has 2 amide bonds. The van der Waals surface area contributed by atoms with Crippen LogP contribution in [-0.4, -0.2) is 48.9 Å². The second-order valence-corrected chi connectivity index (χ2v) is 6.79. The van der Waals surface area contributed by atoms with Gasteiger partial charge in [-0.25, -0.2) is 9.59 Å². The molecule has 29 heavy (non-hydrogen) atoms. The Kier molecular flexibility index (Phi) is 12.1. The van der Waals surface area contributed by atoms with Gasteiger partial charge in [-0.3, -0.25) is 4.79 Å². The molecule has 162 valence electrons. The molecule has 0 heterocycles. The number of esters is 1. The van der Waals surface area contributed by atoms with Crippen LogP contribution in [-0.2, 0) is 25.7 Å². The maximum atomic E-state index is 12.1. The van der Waals surface area contributed by atoms with Gasteiger partial charge in [-0.15, -0.1) is 0 Å². The fourth-order valence-electron chi connectivity index (χ4n) is 2.68. The lowest BCUT2D eigenvalue weighted by atomic mass is 10.1. The predicted octanol–water partition coefficient (Wildman–Crippen LogP) is 2.29. The van der Waals surface area contributed by atoms with E-state index in [2.05, 4.69) is 17.6 Å². The van der Waals surface area contributed by atoms with Gasteiger partial charge in [0.2, 0.25) is 5.91 Å². The molecule has 8 heteroatoms. The zero-order valence-electron chi connectivity index (χ0n) is 17.2. The van der Waals surface area contributed by atoms with E-state index in [-0.39, 0.29) is 19.6 Å². The molecule has 1 aromatic carbocycles. The van der Waals surface area contributed by atoms with E-state index < -0.39 is 30.1 Å². The Morgan fingerprint density at radius 2 is 1.83 bits per heavy atom. The van der Waals surface area contributed by atoms with Crippen LogP contribution < -0.4 is 10.6 Å². The van der Waals surface area contributed by atoms with E-state index in [4.69, 9.17) is 9.47 Å². The van der Waals surface area contributed by atoms with Gasteiger partial charge in [-0.1, -0.05) is 62.9 Å². The van der Waals surface area contributed by atoms with E-state index in [1.165, 1.54) is 7.11 Å². The molecular weight excluding hydrogens is 376 g/mol. The van der Waals surface area contributed by atoms with E-state index >= 15 is 0 Å². The number of carbonyl (C=O) groups is 3. The first-order valence-corrected chi connectivity index (χ1v) is 9.96. The fourth-order valence-corrected chi connectivity index (χ4v) is 2.68. The van der Waals surface area contributed by atoms with Crippen molar-refractivity contribution in [3.05, 3.63) is 35.9 Å². The number of hydrogen-bond donors (Lipinski definition) is 3. The summed E-state index contributed by atoms with van der Waals surface area (Å²) in [6, 6.07) is 8.45. The molecule has 1 aromatic rings. The van der Waals surface area contributed by atoms with Gasteiger partial charge in [0.05, 0.1) is 19.6 Å². The maximum absolute atomic E-state index is 12.1. The number of rotatable bonds is 13. The molecular formula is C21H32N2O6. The van der Waals surface area contributed by atoms with Crippen LogP contribution in [0.25, 0.3) is 0 Å². The lowest BCUT2D eigenvalue weighted by Gasteiger charge is -2.18. The van der Waals surface area contributed by atoms with Crippen molar-refractivity contribution in [3.63, 3.8) is 0 Å². The average molecular weight is 408 g/mol. The highest BCUT2D eigenvalue weighted by molar-refractivity contribution is 5.84. The van der Waals surface area contributed by atoms with Gasteiger partial charge in [0.15, 0.2) is 0 Å². The third-order valence-electron chi connectivity index (χ3n) is 4.28. The predicted molar refractivity (Wildman–Crippen MR) is 108 cm³/mol. The van der Waals surface area contributed by atoms with Crippen molar-refractivity contribution in [2.75, 3.05) is 13.7 Å². The van der Waals surface area contributed by atoms with Gasteiger partial charge in [0.1, 0.15) is 12.6 Å². The van der Waals surface area contributed by atoms with E-state index in [9.17, 15) is 19.5 Å². The topological polar surface area (TPSA) is 114 Å². The quantitative estimate of drug-likeness (QED) is 0.341. The Morgan fingerprint density at radius 1 is 1.10 bits per heavy atom. The molecule has 0 saturated carbocycles. The standard InChI is InChI=1S/C21H32N2O6/c1-3-4-5-9-12-18(20(26)28-2)23-19(25)13-17(24)14-22-21(27)29-15-16-10-7-6-8-11-16/h6-8,10-11,17-18,24H,3-5,9,12-15H2,1-2H3,(H,22,27)(H,23,25)/t17-,18+/m1/s1. The summed E-state index contributed by atoms with van der Waals surface area (Å²) >= 11 is 0. The van der Waals surface area contributed by atoms with Gasteiger partial charge in [0.25, 0.3) is 0 Å². The Morgan fingerprint density at radius 3 is 2.48 bits per heavy atom. The number of unbranched alkanes of at least 4 members (excludes halogenated alkanes) is 3. The molecule has 0 aliphatic rings. The van der Waals surface area contributed by atoms with Gasteiger partial charge < -0.3 is 25.2 Å². The first-order chi connectivity index (χ1) is 14.0. The summed E-state index contributed by atoms with van der Waals surface area (Å²) in [6.45, 7) is 2.06. The first-order valence-electron chi connectivity index (χ1n) is 9.96. The third-order valence-corrected chi connectivity index (χ3v) is 4.28. The largest absolute Gasteiger partial charge is 0.467 e. The van der Waals surface area contributed by atoms with Crippen LogP contribution in [0.1, 0.15) is 51.0 Å². The first kappa shape index (κ1) is 24.4. The molecule has 0 aliphatic carbocycles. The van der Waals surface area contributed by atoms with E-state index in [1.807, 2.05) is 30.3 Å². The summed E-state index contributed by atoms with van der Waals surface area (Å²) in [5, 5.41) is 15.0. The van der Waals surface area contributed by atoms with Crippen molar-refractivity contribution in [3.8, 4) is 0 Å². The number of amides is 2. The van der Waals surface area contributed by atoms with Gasteiger partial charge in [-0.2, -0.15) is 0 Å². The summed E-state index contributed by atoms with van der Waals surface area (Å²) in [5.74, 6) is -0.991. The van der Waals surface area contributed by atoms with Gasteiger partial charge >= 0.3 is 12.1 Å². The Balaban J connectivity index is 2.31. The molecule has 3 N–H and O–H groups in total. The minimum atomic E-state index is -1.10. The lowest BCUT2D eigenvalue weighted by Crippen LogP contribution is -2.43. The summed E-state index contributed by atoms with van der Waals surface area (Å²) < 4.78 is 9.76. The molecule has 0 saturated heterocycles. The zero-order chi connectivity index (χ0) is 21.5. The summed E-state index contributed by atoms with van der Waals surface area (Å²) in [7, 11) is 1.27. The zero-order valence-corrected chi connectivity index (χ0v) is 17.2. The molecule has 0 aliphatic heterocycles. The molecule has 2 atom stereocenters. The number of carbonyl (C=O) groups excluding carboxylic acids is 3. The molecule has 0 fully saturated rings. The molecule has 0 aromatic heterocycles. The van der Waals surface area contributed by atoms with Crippen LogP contribution in [0, 0.1) is 0 Å². The molecule has 1 rings (SSSR count). The fraction of sp³-hybridized carbons (Fsp3) is 0.571. The van der Waals surface area contributed by atoms with Crippen molar-refractivity contribution in [2.45, 2.75) is 64.2 Å². The minimum absolute atomic E-state index is 0.113. The van der Waals surface area contributed by atoms with Crippen LogP contribution in [0.2, 0.25) is 0 Å². The normalized spacial score (nSPS) is 12.5. The summed E-state index contributed by atoms with van der Waals surface area (Å²) in [5.41, 5.74) is 0.843. The third kappa shape index (κ3) is 11.1. The number of hydrogen-bond acceptors (Lipinski definition) is 6. The summed E-state index contributed by atoms with van der Waals surface area (Å²) in [6.07, 6.45) is 2.35.